The number of hydrogen-bond acceptors (Lipinski definition) is 1. The highest BCUT2D eigenvalue weighted by Gasteiger charge is 2.02. The fraction of sp³-hybridized carbons (Fsp3) is 0.286. The van der Waals surface area contributed by atoms with E-state index in [2.05, 4.69) is 53.5 Å². The summed E-state index contributed by atoms with van der Waals surface area (Å²) in [5.41, 5.74) is 1.27. The van der Waals surface area contributed by atoms with Gasteiger partial charge in [0.25, 0.3) is 0 Å². The largest absolute Gasteiger partial charge is 0.296 e. The highest BCUT2D eigenvalue weighted by molar-refractivity contribution is 5.48. The van der Waals surface area contributed by atoms with E-state index >= 15 is 0 Å². The van der Waals surface area contributed by atoms with Gasteiger partial charge in [-0.3, -0.25) is 4.90 Å². The van der Waals surface area contributed by atoms with Gasteiger partial charge in [-0.15, -0.1) is 0 Å². The van der Waals surface area contributed by atoms with Crippen LogP contribution in [0.3, 0.4) is 0 Å². The molecule has 0 aliphatic carbocycles. The Balaban J connectivity index is 1.82. The van der Waals surface area contributed by atoms with Crippen LogP contribution in [0.1, 0.15) is 12.0 Å². The molecule has 1 aliphatic rings. The first-order valence-corrected chi connectivity index (χ1v) is 5.44. The van der Waals surface area contributed by atoms with E-state index in [0.717, 1.165) is 26.1 Å². The Morgan fingerprint density at radius 1 is 1.27 bits per heavy atom. The van der Waals surface area contributed by atoms with E-state index in [-0.39, 0.29) is 0 Å². The van der Waals surface area contributed by atoms with Crippen molar-refractivity contribution in [3.63, 3.8) is 0 Å². The standard InChI is InChI=1S/C14H16N/c1-3-8-14(9-4-1)10-7-13-15-11-5-2-6-12-15/h1,3-5,7-10H,6,11-13H2. The van der Waals surface area contributed by atoms with Gasteiger partial charge in [-0.1, -0.05) is 48.6 Å². The predicted molar refractivity (Wildman–Crippen MR) is 64.3 cm³/mol. The number of rotatable bonds is 3. The van der Waals surface area contributed by atoms with Gasteiger partial charge in [-0.25, -0.2) is 0 Å². The van der Waals surface area contributed by atoms with Crippen molar-refractivity contribution in [2.24, 2.45) is 0 Å². The number of nitrogens with zero attached hydrogens (tertiary/aromatic N) is 1. The summed E-state index contributed by atoms with van der Waals surface area (Å²) >= 11 is 0. The van der Waals surface area contributed by atoms with Crippen LogP contribution < -0.4 is 0 Å². The third-order valence-corrected chi connectivity index (χ3v) is 2.54. The average molecular weight is 198 g/mol. The van der Waals surface area contributed by atoms with E-state index in [0.29, 0.717) is 0 Å². The van der Waals surface area contributed by atoms with Gasteiger partial charge in [0.1, 0.15) is 0 Å². The molecule has 1 nitrogen and oxygen atoms in total. The molecule has 0 N–H and O–H groups in total. The third-order valence-electron chi connectivity index (χ3n) is 2.54. The quantitative estimate of drug-likeness (QED) is 0.722. The SMILES string of the molecule is [C]1=CCN(CC=Cc2ccccc2)CC1. The molecular formula is C14H16N. The highest BCUT2D eigenvalue weighted by Crippen LogP contribution is 2.03. The lowest BCUT2D eigenvalue weighted by Gasteiger charge is -2.20. The van der Waals surface area contributed by atoms with Crippen molar-refractivity contribution >= 4 is 6.08 Å². The molecule has 2 rings (SSSR count). The summed E-state index contributed by atoms with van der Waals surface area (Å²) in [5, 5.41) is 0. The predicted octanol–water partition coefficient (Wildman–Crippen LogP) is 2.76. The molecular weight excluding hydrogens is 182 g/mol. The molecule has 0 unspecified atom stereocenters. The van der Waals surface area contributed by atoms with Gasteiger partial charge >= 0.3 is 0 Å². The van der Waals surface area contributed by atoms with E-state index in [1.54, 1.807) is 0 Å². The van der Waals surface area contributed by atoms with E-state index in [9.17, 15) is 0 Å². The van der Waals surface area contributed by atoms with Gasteiger partial charge in [-0.2, -0.15) is 0 Å². The normalized spacial score (nSPS) is 17.3. The van der Waals surface area contributed by atoms with Crippen LogP contribution in [0.5, 0.6) is 0 Å². The molecule has 1 heteroatoms. The minimum absolute atomic E-state index is 1.03. The van der Waals surface area contributed by atoms with E-state index < -0.39 is 0 Å². The number of benzene rings is 1. The Morgan fingerprint density at radius 2 is 2.13 bits per heavy atom. The lowest BCUT2D eigenvalue weighted by molar-refractivity contribution is 0.328. The molecule has 0 spiro atoms. The summed E-state index contributed by atoms with van der Waals surface area (Å²) < 4.78 is 0. The molecule has 1 aromatic carbocycles. The molecule has 0 amide bonds. The summed E-state index contributed by atoms with van der Waals surface area (Å²) in [5.74, 6) is 0. The first-order chi connectivity index (χ1) is 7.45. The van der Waals surface area contributed by atoms with E-state index in [1.807, 2.05) is 6.07 Å². The molecule has 0 aromatic heterocycles. The molecule has 15 heavy (non-hydrogen) atoms. The minimum atomic E-state index is 1.03. The van der Waals surface area contributed by atoms with Crippen molar-refractivity contribution in [3.8, 4) is 0 Å². The zero-order valence-electron chi connectivity index (χ0n) is 8.89. The van der Waals surface area contributed by atoms with Crippen LogP contribution >= 0.6 is 0 Å². The van der Waals surface area contributed by atoms with Crippen LogP contribution in [0, 0.1) is 6.08 Å². The first-order valence-electron chi connectivity index (χ1n) is 5.44. The van der Waals surface area contributed by atoms with E-state index in [4.69, 9.17) is 0 Å². The molecule has 0 saturated carbocycles. The zero-order chi connectivity index (χ0) is 10.3. The summed E-state index contributed by atoms with van der Waals surface area (Å²) in [7, 11) is 0. The van der Waals surface area contributed by atoms with Gasteiger partial charge in [0, 0.05) is 19.6 Å². The van der Waals surface area contributed by atoms with Gasteiger partial charge in [-0.05, 0) is 18.1 Å². The van der Waals surface area contributed by atoms with Crippen molar-refractivity contribution in [1.29, 1.82) is 0 Å². The fourth-order valence-corrected chi connectivity index (χ4v) is 1.68. The zero-order valence-corrected chi connectivity index (χ0v) is 8.89. The van der Waals surface area contributed by atoms with Crippen LogP contribution in [-0.2, 0) is 0 Å². The third kappa shape index (κ3) is 3.37. The molecule has 1 heterocycles. The van der Waals surface area contributed by atoms with Crippen molar-refractivity contribution in [2.45, 2.75) is 6.42 Å². The second kappa shape index (κ2) is 5.52. The summed E-state index contributed by atoms with van der Waals surface area (Å²) in [6.07, 6.45) is 10.8. The molecule has 0 bridgehead atoms. The van der Waals surface area contributed by atoms with Crippen LogP contribution in [0.2, 0.25) is 0 Å². The molecule has 0 fully saturated rings. The smallest absolute Gasteiger partial charge is 0.0172 e. The lowest BCUT2D eigenvalue weighted by Crippen LogP contribution is -2.27. The Morgan fingerprint density at radius 3 is 2.87 bits per heavy atom. The van der Waals surface area contributed by atoms with Gasteiger partial charge in [0.05, 0.1) is 0 Å². The Bertz CT molecular complexity index is 338. The van der Waals surface area contributed by atoms with Gasteiger partial charge < -0.3 is 0 Å². The second-order valence-corrected chi connectivity index (χ2v) is 3.73. The van der Waals surface area contributed by atoms with Crippen LogP contribution in [-0.4, -0.2) is 24.5 Å². The van der Waals surface area contributed by atoms with Gasteiger partial charge in [0.2, 0.25) is 0 Å². The first kappa shape index (κ1) is 10.2. The van der Waals surface area contributed by atoms with Crippen LogP contribution in [0.25, 0.3) is 6.08 Å². The molecule has 77 valence electrons. The summed E-state index contributed by atoms with van der Waals surface area (Å²) in [6, 6.07) is 10.4. The minimum Gasteiger partial charge on any atom is -0.296 e. The molecule has 1 aromatic rings. The van der Waals surface area contributed by atoms with Gasteiger partial charge in [0.15, 0.2) is 0 Å². The second-order valence-electron chi connectivity index (χ2n) is 3.73. The topological polar surface area (TPSA) is 3.24 Å². The molecule has 1 radical (unpaired) electrons. The number of hydrogen-bond donors (Lipinski definition) is 0. The maximum absolute atomic E-state index is 3.23. The Labute approximate surface area is 91.7 Å². The monoisotopic (exact) mass is 198 g/mol. The van der Waals surface area contributed by atoms with E-state index in [1.165, 1.54) is 5.56 Å². The molecule has 0 atom stereocenters. The lowest BCUT2D eigenvalue weighted by atomic mass is 10.2. The van der Waals surface area contributed by atoms with Crippen molar-refractivity contribution in [1.82, 2.24) is 4.90 Å². The highest BCUT2D eigenvalue weighted by atomic mass is 15.1. The van der Waals surface area contributed by atoms with Crippen molar-refractivity contribution < 1.29 is 0 Å². The van der Waals surface area contributed by atoms with Crippen LogP contribution in [0.4, 0.5) is 0 Å². The summed E-state index contributed by atoms with van der Waals surface area (Å²) in [6.45, 7) is 3.21. The summed E-state index contributed by atoms with van der Waals surface area (Å²) in [4.78, 5) is 2.41. The Hall–Kier alpha value is -1.34. The fourth-order valence-electron chi connectivity index (χ4n) is 1.68. The van der Waals surface area contributed by atoms with Crippen LogP contribution in [0.15, 0.2) is 42.5 Å². The molecule has 1 aliphatic heterocycles. The van der Waals surface area contributed by atoms with Crippen molar-refractivity contribution in [3.05, 3.63) is 54.1 Å². The molecule has 0 saturated heterocycles. The maximum Gasteiger partial charge on any atom is 0.0172 e. The van der Waals surface area contributed by atoms with Crippen molar-refractivity contribution in [2.75, 3.05) is 19.6 Å². The average Bonchev–Trinajstić information content (AvgIpc) is 2.32. The Kier molecular flexibility index (Phi) is 3.75. The maximum atomic E-state index is 3.23.